The van der Waals surface area contributed by atoms with Gasteiger partial charge in [-0.15, -0.1) is 0 Å². The van der Waals surface area contributed by atoms with Gasteiger partial charge in [0.25, 0.3) is 0 Å². The molecule has 10 aromatic carbocycles. The van der Waals surface area contributed by atoms with Crippen molar-refractivity contribution >= 4 is 0 Å². The van der Waals surface area contributed by atoms with Gasteiger partial charge in [-0.2, -0.15) is 0 Å². The molecule has 0 fully saturated rings. The molecule has 3 heteroatoms. The van der Waals surface area contributed by atoms with Crippen molar-refractivity contribution in [2.75, 3.05) is 0 Å². The van der Waals surface area contributed by atoms with E-state index < -0.39 is 5.41 Å². The zero-order valence-electron chi connectivity index (χ0n) is 39.8. The molecular formula is C70H45N3. The average molecular weight is 928 g/mol. The Morgan fingerprint density at radius 1 is 0.192 bits per heavy atom. The highest BCUT2D eigenvalue weighted by Crippen LogP contribution is 2.63. The number of rotatable bonds is 8. The van der Waals surface area contributed by atoms with Crippen LogP contribution in [0.1, 0.15) is 22.3 Å². The molecule has 12 aromatic rings. The van der Waals surface area contributed by atoms with Crippen molar-refractivity contribution in [3.8, 4) is 112 Å². The summed E-state index contributed by atoms with van der Waals surface area (Å²) in [5.74, 6) is 0.704. The number of pyridine rings is 1. The van der Waals surface area contributed by atoms with Crippen molar-refractivity contribution in [1.82, 2.24) is 15.0 Å². The SMILES string of the molecule is c1ccc(-c2cc(-c3ccccc3)nc(-c3cccc(-c4ccc5c(c4)C4(c6ccccc6-c6ccccc64)c4cc(-c6cccc(-c7cc(-c8ccccc8)nc(-c8ccccc8)n7)c6)ccc4-5)c3)c2)cc1. The van der Waals surface area contributed by atoms with Gasteiger partial charge in [0.05, 0.1) is 28.2 Å². The molecule has 0 unspecified atom stereocenters. The second-order valence-electron chi connectivity index (χ2n) is 19.1. The maximum atomic E-state index is 5.31. The quantitative estimate of drug-likeness (QED) is 0.152. The molecule has 2 heterocycles. The number of aromatic nitrogens is 3. The first-order valence-corrected chi connectivity index (χ1v) is 25.0. The first kappa shape index (κ1) is 42.3. The zero-order valence-corrected chi connectivity index (χ0v) is 39.8. The van der Waals surface area contributed by atoms with Gasteiger partial charge >= 0.3 is 0 Å². The minimum Gasteiger partial charge on any atom is -0.248 e. The summed E-state index contributed by atoms with van der Waals surface area (Å²) in [6.07, 6.45) is 0. The van der Waals surface area contributed by atoms with Crippen LogP contribution in [0.3, 0.4) is 0 Å². The first-order chi connectivity index (χ1) is 36.2. The Morgan fingerprint density at radius 3 is 1.05 bits per heavy atom. The number of fused-ring (bicyclic) bond motifs is 10. The molecular weight excluding hydrogens is 883 g/mol. The van der Waals surface area contributed by atoms with Gasteiger partial charge in [0.2, 0.25) is 0 Å². The van der Waals surface area contributed by atoms with Crippen LogP contribution in [0, 0.1) is 0 Å². The predicted octanol–water partition coefficient (Wildman–Crippen LogP) is 17.6. The third-order valence-electron chi connectivity index (χ3n) is 14.9. The highest BCUT2D eigenvalue weighted by Gasteiger charge is 2.51. The summed E-state index contributed by atoms with van der Waals surface area (Å²) >= 11 is 0. The molecule has 2 aromatic heterocycles. The van der Waals surface area contributed by atoms with E-state index in [1.807, 2.05) is 24.3 Å². The van der Waals surface area contributed by atoms with E-state index in [2.05, 4.69) is 249 Å². The third-order valence-corrected chi connectivity index (χ3v) is 14.9. The Bertz CT molecular complexity index is 3690. The van der Waals surface area contributed by atoms with Crippen LogP contribution in [-0.2, 0) is 5.41 Å². The van der Waals surface area contributed by atoms with Crippen LogP contribution in [0.4, 0.5) is 0 Å². The van der Waals surface area contributed by atoms with E-state index in [4.69, 9.17) is 15.0 Å². The van der Waals surface area contributed by atoms with Crippen LogP contribution < -0.4 is 0 Å². The van der Waals surface area contributed by atoms with E-state index >= 15 is 0 Å². The number of hydrogen-bond donors (Lipinski definition) is 0. The molecule has 0 N–H and O–H groups in total. The van der Waals surface area contributed by atoms with Crippen molar-refractivity contribution in [3.63, 3.8) is 0 Å². The highest BCUT2D eigenvalue weighted by atomic mass is 14.9. The fraction of sp³-hybridized carbons (Fsp3) is 0.0143. The lowest BCUT2D eigenvalue weighted by molar-refractivity contribution is 0.794. The molecule has 1 spiro atoms. The summed E-state index contributed by atoms with van der Waals surface area (Å²) < 4.78 is 0. The predicted molar refractivity (Wildman–Crippen MR) is 300 cm³/mol. The molecule has 2 aliphatic rings. The smallest absolute Gasteiger partial charge is 0.160 e. The third kappa shape index (κ3) is 7.16. The molecule has 0 bridgehead atoms. The lowest BCUT2D eigenvalue weighted by atomic mass is 9.70. The summed E-state index contributed by atoms with van der Waals surface area (Å²) in [5.41, 5.74) is 25.6. The Hall–Kier alpha value is -9.57. The largest absolute Gasteiger partial charge is 0.248 e. The van der Waals surface area contributed by atoms with Crippen LogP contribution in [0.5, 0.6) is 0 Å². The molecule has 0 amide bonds. The Balaban J connectivity index is 0.906. The van der Waals surface area contributed by atoms with Crippen molar-refractivity contribution in [3.05, 3.63) is 295 Å². The number of hydrogen-bond acceptors (Lipinski definition) is 3. The standard InChI is InChI=1S/C70H45N3/c1-5-19-46(20-6-1)56-43-65(47-21-7-2-8-22-47)71-66(44-56)54-29-17-27-50(39-54)52-35-37-59-60-38-36-53(42-64(60)70(63(59)41-52)61-33-15-13-31-57(61)58-32-14-16-34-62(58)70)51-28-18-30-55(40-51)68-45-67(48-23-9-3-10-24-48)72-69(73-68)49-25-11-4-12-26-49/h1-45H. The summed E-state index contributed by atoms with van der Waals surface area (Å²) in [6, 6.07) is 98.4. The lowest BCUT2D eigenvalue weighted by Crippen LogP contribution is -2.26. The van der Waals surface area contributed by atoms with E-state index in [1.54, 1.807) is 0 Å². The topological polar surface area (TPSA) is 38.7 Å². The Morgan fingerprint density at radius 2 is 0.548 bits per heavy atom. The molecule has 0 saturated heterocycles. The number of nitrogens with zero attached hydrogens (tertiary/aromatic N) is 3. The zero-order chi connectivity index (χ0) is 48.3. The number of benzene rings is 10. The lowest BCUT2D eigenvalue weighted by Gasteiger charge is -2.31. The van der Waals surface area contributed by atoms with Crippen LogP contribution in [0.15, 0.2) is 273 Å². The fourth-order valence-corrected chi connectivity index (χ4v) is 11.5. The average Bonchev–Trinajstić information content (AvgIpc) is 3.96. The molecule has 0 radical (unpaired) electrons. The summed E-state index contributed by atoms with van der Waals surface area (Å²) in [6.45, 7) is 0. The highest BCUT2D eigenvalue weighted by molar-refractivity contribution is 5.97. The van der Waals surface area contributed by atoms with Crippen LogP contribution in [-0.4, -0.2) is 15.0 Å². The van der Waals surface area contributed by atoms with Gasteiger partial charge in [0.15, 0.2) is 5.82 Å². The molecule has 0 aliphatic heterocycles. The second kappa shape index (κ2) is 17.4. The van der Waals surface area contributed by atoms with Crippen molar-refractivity contribution in [2.24, 2.45) is 0 Å². The van der Waals surface area contributed by atoms with E-state index in [-0.39, 0.29) is 0 Å². The van der Waals surface area contributed by atoms with Gasteiger partial charge in [0, 0.05) is 27.8 Å². The maximum absolute atomic E-state index is 5.31. The van der Waals surface area contributed by atoms with E-state index in [0.29, 0.717) is 5.82 Å². The van der Waals surface area contributed by atoms with Gasteiger partial charge in [-0.1, -0.05) is 231 Å². The van der Waals surface area contributed by atoms with Gasteiger partial charge in [0.1, 0.15) is 0 Å². The van der Waals surface area contributed by atoms with Crippen LogP contribution >= 0.6 is 0 Å². The summed E-state index contributed by atoms with van der Waals surface area (Å²) in [5, 5.41) is 0. The molecule has 340 valence electrons. The van der Waals surface area contributed by atoms with Gasteiger partial charge in [-0.3, -0.25) is 0 Å². The van der Waals surface area contributed by atoms with E-state index in [1.165, 1.54) is 50.1 Å². The second-order valence-corrected chi connectivity index (χ2v) is 19.1. The monoisotopic (exact) mass is 927 g/mol. The first-order valence-electron chi connectivity index (χ1n) is 25.0. The van der Waals surface area contributed by atoms with Crippen LogP contribution in [0.2, 0.25) is 0 Å². The normalized spacial score (nSPS) is 12.5. The van der Waals surface area contributed by atoms with Crippen molar-refractivity contribution in [2.45, 2.75) is 5.41 Å². The molecule has 0 atom stereocenters. The molecule has 2 aliphatic carbocycles. The Kier molecular flexibility index (Phi) is 10.1. The summed E-state index contributed by atoms with van der Waals surface area (Å²) in [4.78, 5) is 15.6. The molecule has 73 heavy (non-hydrogen) atoms. The Labute approximate surface area is 425 Å². The van der Waals surface area contributed by atoms with E-state index in [9.17, 15) is 0 Å². The van der Waals surface area contributed by atoms with Crippen molar-refractivity contribution in [1.29, 1.82) is 0 Å². The van der Waals surface area contributed by atoms with Crippen LogP contribution in [0.25, 0.3) is 112 Å². The minimum absolute atomic E-state index is 0.545. The maximum Gasteiger partial charge on any atom is 0.160 e. The summed E-state index contributed by atoms with van der Waals surface area (Å²) in [7, 11) is 0. The van der Waals surface area contributed by atoms with Gasteiger partial charge < -0.3 is 0 Å². The van der Waals surface area contributed by atoms with Gasteiger partial charge in [-0.25, -0.2) is 15.0 Å². The molecule has 0 saturated carbocycles. The minimum atomic E-state index is -0.545. The van der Waals surface area contributed by atoms with E-state index in [0.717, 1.165) is 78.4 Å². The van der Waals surface area contributed by atoms with Gasteiger partial charge in [-0.05, 0) is 120 Å². The fourth-order valence-electron chi connectivity index (χ4n) is 11.5. The molecule has 3 nitrogen and oxygen atoms in total. The van der Waals surface area contributed by atoms with Crippen molar-refractivity contribution < 1.29 is 0 Å². The molecule has 14 rings (SSSR count).